The first kappa shape index (κ1) is 11.2. The summed E-state index contributed by atoms with van der Waals surface area (Å²) in [4.78, 5) is 21.8. The van der Waals surface area contributed by atoms with Gasteiger partial charge in [0.2, 0.25) is 5.75 Å². The van der Waals surface area contributed by atoms with Gasteiger partial charge in [-0.3, -0.25) is 4.79 Å². The van der Waals surface area contributed by atoms with Crippen molar-refractivity contribution in [2.45, 2.75) is 6.54 Å². The summed E-state index contributed by atoms with van der Waals surface area (Å²) in [6, 6.07) is 0. The Kier molecular flexibility index (Phi) is 3.39. The van der Waals surface area contributed by atoms with Gasteiger partial charge in [0.15, 0.2) is 5.82 Å². The Bertz CT molecular complexity index is 520. The number of aromatic amines is 1. The summed E-state index contributed by atoms with van der Waals surface area (Å²) in [6.07, 6.45) is 6.64. The Morgan fingerprint density at radius 2 is 2.47 bits per heavy atom. The van der Waals surface area contributed by atoms with E-state index >= 15 is 0 Å². The van der Waals surface area contributed by atoms with Crippen molar-refractivity contribution in [1.82, 2.24) is 19.5 Å². The highest BCUT2D eigenvalue weighted by Crippen LogP contribution is 2.13. The van der Waals surface area contributed by atoms with Crippen molar-refractivity contribution >= 4 is 5.82 Å². The van der Waals surface area contributed by atoms with Gasteiger partial charge in [0.1, 0.15) is 0 Å². The van der Waals surface area contributed by atoms with Crippen LogP contribution in [0, 0.1) is 0 Å². The molecule has 0 aromatic carbocycles. The molecule has 2 N–H and O–H groups in total. The normalized spacial score (nSPS) is 10.2. The summed E-state index contributed by atoms with van der Waals surface area (Å²) in [5, 5.41) is 3.04. The fraction of sp³-hybridized carbons (Fsp3) is 0.300. The third-order valence-corrected chi connectivity index (χ3v) is 2.24. The summed E-state index contributed by atoms with van der Waals surface area (Å²) in [5.41, 5.74) is -0.298. The number of nitrogens with zero attached hydrogens (tertiary/aromatic N) is 3. The Labute approximate surface area is 97.5 Å². The molecule has 90 valence electrons. The second-order valence-corrected chi connectivity index (χ2v) is 3.34. The van der Waals surface area contributed by atoms with Gasteiger partial charge in [0, 0.05) is 25.5 Å². The van der Waals surface area contributed by atoms with Crippen LogP contribution in [0.4, 0.5) is 5.82 Å². The molecule has 0 bridgehead atoms. The SMILES string of the molecule is COc1c(NCCn2ccnc2)nc[nH]c1=O. The van der Waals surface area contributed by atoms with Gasteiger partial charge in [-0.15, -0.1) is 0 Å². The van der Waals surface area contributed by atoms with Gasteiger partial charge < -0.3 is 19.6 Å². The molecule has 17 heavy (non-hydrogen) atoms. The number of methoxy groups -OCH3 is 1. The number of H-pyrrole nitrogens is 1. The lowest BCUT2D eigenvalue weighted by Crippen LogP contribution is -2.16. The summed E-state index contributed by atoms with van der Waals surface area (Å²) in [7, 11) is 1.44. The molecule has 7 nitrogen and oxygen atoms in total. The number of hydrogen-bond donors (Lipinski definition) is 2. The maximum absolute atomic E-state index is 11.4. The molecule has 0 aliphatic heterocycles. The van der Waals surface area contributed by atoms with Crippen molar-refractivity contribution in [1.29, 1.82) is 0 Å². The minimum atomic E-state index is -0.298. The molecule has 2 aromatic rings. The molecule has 0 amide bonds. The van der Waals surface area contributed by atoms with Crippen LogP contribution in [0.25, 0.3) is 0 Å². The molecule has 0 unspecified atom stereocenters. The number of nitrogens with one attached hydrogen (secondary N) is 2. The molecule has 0 spiro atoms. The van der Waals surface area contributed by atoms with E-state index in [0.29, 0.717) is 12.4 Å². The van der Waals surface area contributed by atoms with E-state index in [9.17, 15) is 4.79 Å². The maximum Gasteiger partial charge on any atom is 0.295 e. The van der Waals surface area contributed by atoms with E-state index in [1.54, 1.807) is 12.5 Å². The second-order valence-electron chi connectivity index (χ2n) is 3.34. The molecule has 7 heteroatoms. The monoisotopic (exact) mass is 235 g/mol. The van der Waals surface area contributed by atoms with Gasteiger partial charge in [-0.2, -0.15) is 0 Å². The highest BCUT2D eigenvalue weighted by atomic mass is 16.5. The number of rotatable bonds is 5. The first-order valence-electron chi connectivity index (χ1n) is 5.12. The number of aromatic nitrogens is 4. The van der Waals surface area contributed by atoms with Crippen LogP contribution < -0.4 is 15.6 Å². The molecule has 0 fully saturated rings. The lowest BCUT2D eigenvalue weighted by atomic mass is 10.5. The van der Waals surface area contributed by atoms with E-state index in [2.05, 4.69) is 20.3 Å². The van der Waals surface area contributed by atoms with Gasteiger partial charge in [0.25, 0.3) is 5.56 Å². The van der Waals surface area contributed by atoms with E-state index in [1.807, 2.05) is 10.8 Å². The van der Waals surface area contributed by atoms with Gasteiger partial charge in [-0.25, -0.2) is 9.97 Å². The van der Waals surface area contributed by atoms with Gasteiger partial charge in [-0.05, 0) is 0 Å². The highest BCUT2D eigenvalue weighted by molar-refractivity contribution is 5.47. The highest BCUT2D eigenvalue weighted by Gasteiger charge is 2.07. The summed E-state index contributed by atoms with van der Waals surface area (Å²) in [6.45, 7) is 1.36. The Morgan fingerprint density at radius 1 is 1.59 bits per heavy atom. The number of hydrogen-bond acceptors (Lipinski definition) is 5. The van der Waals surface area contributed by atoms with Crippen molar-refractivity contribution in [3.8, 4) is 5.75 Å². The smallest absolute Gasteiger partial charge is 0.295 e. The van der Waals surface area contributed by atoms with Crippen LogP contribution in [0.15, 0.2) is 29.8 Å². The van der Waals surface area contributed by atoms with Crippen LogP contribution in [0.2, 0.25) is 0 Å². The van der Waals surface area contributed by atoms with Crippen molar-refractivity contribution in [3.63, 3.8) is 0 Å². The third kappa shape index (κ3) is 2.63. The van der Waals surface area contributed by atoms with Crippen molar-refractivity contribution in [2.75, 3.05) is 19.0 Å². The molecule has 2 heterocycles. The van der Waals surface area contributed by atoms with Gasteiger partial charge in [0.05, 0.1) is 19.8 Å². The van der Waals surface area contributed by atoms with E-state index in [4.69, 9.17) is 4.74 Å². The molecule has 0 atom stereocenters. The van der Waals surface area contributed by atoms with Crippen LogP contribution >= 0.6 is 0 Å². The third-order valence-electron chi connectivity index (χ3n) is 2.24. The predicted molar refractivity (Wildman–Crippen MR) is 62.1 cm³/mol. The second kappa shape index (κ2) is 5.15. The largest absolute Gasteiger partial charge is 0.489 e. The minimum Gasteiger partial charge on any atom is -0.489 e. The van der Waals surface area contributed by atoms with Gasteiger partial charge in [-0.1, -0.05) is 0 Å². The summed E-state index contributed by atoms with van der Waals surface area (Å²) >= 11 is 0. The number of imidazole rings is 1. The number of ether oxygens (including phenoxy) is 1. The standard InChI is InChI=1S/C10H13N5O2/c1-17-8-9(13-6-14-10(8)16)12-3-5-15-4-2-11-7-15/h2,4,6-7H,3,5H2,1H3,(H2,12,13,14,16). The lowest BCUT2D eigenvalue weighted by Gasteiger charge is -2.08. The fourth-order valence-electron chi connectivity index (χ4n) is 1.42. The minimum absolute atomic E-state index is 0.193. The van der Waals surface area contributed by atoms with Crippen molar-refractivity contribution in [2.24, 2.45) is 0 Å². The summed E-state index contributed by atoms with van der Waals surface area (Å²) < 4.78 is 6.90. The van der Waals surface area contributed by atoms with Crippen molar-refractivity contribution < 1.29 is 4.74 Å². The quantitative estimate of drug-likeness (QED) is 0.767. The van der Waals surface area contributed by atoms with Crippen LogP contribution in [0.3, 0.4) is 0 Å². The molecule has 0 radical (unpaired) electrons. The molecule has 0 aliphatic carbocycles. The van der Waals surface area contributed by atoms with E-state index in [1.165, 1.54) is 13.4 Å². The van der Waals surface area contributed by atoms with Crippen molar-refractivity contribution in [3.05, 3.63) is 35.4 Å². The average molecular weight is 235 g/mol. The van der Waals surface area contributed by atoms with Crippen LogP contribution in [-0.4, -0.2) is 33.2 Å². The number of anilines is 1. The van der Waals surface area contributed by atoms with E-state index in [-0.39, 0.29) is 11.3 Å². The Hall–Kier alpha value is -2.31. The molecule has 0 saturated heterocycles. The Morgan fingerprint density at radius 3 is 3.18 bits per heavy atom. The zero-order valence-corrected chi connectivity index (χ0v) is 9.38. The zero-order valence-electron chi connectivity index (χ0n) is 9.38. The topological polar surface area (TPSA) is 84.8 Å². The molecule has 0 saturated carbocycles. The zero-order chi connectivity index (χ0) is 12.1. The van der Waals surface area contributed by atoms with Crippen LogP contribution in [0.1, 0.15) is 0 Å². The predicted octanol–water partition coefficient (Wildman–Crippen LogP) is 0.0871. The fourth-order valence-corrected chi connectivity index (χ4v) is 1.42. The average Bonchev–Trinajstić information content (AvgIpc) is 2.82. The first-order chi connectivity index (χ1) is 8.31. The molecule has 2 rings (SSSR count). The van der Waals surface area contributed by atoms with Gasteiger partial charge >= 0.3 is 0 Å². The van der Waals surface area contributed by atoms with E-state index in [0.717, 1.165) is 6.54 Å². The summed E-state index contributed by atoms with van der Waals surface area (Å²) in [5.74, 6) is 0.634. The lowest BCUT2D eigenvalue weighted by molar-refractivity contribution is 0.408. The molecule has 0 aliphatic rings. The van der Waals surface area contributed by atoms with Crippen LogP contribution in [-0.2, 0) is 6.54 Å². The van der Waals surface area contributed by atoms with E-state index < -0.39 is 0 Å². The molecular weight excluding hydrogens is 222 g/mol. The maximum atomic E-state index is 11.4. The molecular formula is C10H13N5O2. The first-order valence-corrected chi connectivity index (χ1v) is 5.12. The Balaban J connectivity index is 1.99. The molecule has 2 aromatic heterocycles. The van der Waals surface area contributed by atoms with Crippen LogP contribution in [0.5, 0.6) is 5.75 Å².